The lowest BCUT2D eigenvalue weighted by Crippen LogP contribution is -2.25. The topological polar surface area (TPSA) is 47.3 Å². The van der Waals surface area contributed by atoms with Crippen LogP contribution in [-0.2, 0) is 6.54 Å². The molecule has 4 aromatic rings. The maximum absolute atomic E-state index is 10.6. The standard InChI is InChI=1S/C23H24N2O2/c1-16(2)23-24-20-11-5-6-12-21(20)25(23)14-18(26)15-27-22-13-7-9-17-8-3-4-10-19(17)22/h3-13,16,18,26H,14-15H2,1-2H3/t18-/m1/s1. The Labute approximate surface area is 159 Å². The minimum absolute atomic E-state index is 0.234. The van der Waals surface area contributed by atoms with E-state index in [1.165, 1.54) is 0 Å². The molecule has 0 spiro atoms. The van der Waals surface area contributed by atoms with Gasteiger partial charge in [-0.1, -0.05) is 62.4 Å². The number of imidazole rings is 1. The lowest BCUT2D eigenvalue weighted by atomic mass is 10.1. The van der Waals surface area contributed by atoms with Gasteiger partial charge in [0, 0.05) is 11.3 Å². The third-order valence-corrected chi connectivity index (χ3v) is 4.77. The summed E-state index contributed by atoms with van der Waals surface area (Å²) in [7, 11) is 0. The molecule has 0 fully saturated rings. The average Bonchev–Trinajstić information content (AvgIpc) is 3.05. The smallest absolute Gasteiger partial charge is 0.127 e. The van der Waals surface area contributed by atoms with Crippen molar-refractivity contribution in [3.05, 3.63) is 72.6 Å². The number of aliphatic hydroxyl groups excluding tert-OH is 1. The maximum atomic E-state index is 10.6. The minimum Gasteiger partial charge on any atom is -0.490 e. The monoisotopic (exact) mass is 360 g/mol. The highest BCUT2D eigenvalue weighted by Crippen LogP contribution is 2.26. The van der Waals surface area contributed by atoms with E-state index >= 15 is 0 Å². The molecule has 0 unspecified atom stereocenters. The Balaban J connectivity index is 1.54. The second kappa shape index (κ2) is 7.41. The quantitative estimate of drug-likeness (QED) is 0.540. The Hall–Kier alpha value is -2.85. The summed E-state index contributed by atoms with van der Waals surface area (Å²) in [6.45, 7) is 4.93. The third kappa shape index (κ3) is 3.53. The van der Waals surface area contributed by atoms with Crippen molar-refractivity contribution < 1.29 is 9.84 Å². The molecular weight excluding hydrogens is 336 g/mol. The number of aliphatic hydroxyl groups is 1. The van der Waals surface area contributed by atoms with Gasteiger partial charge in [-0.05, 0) is 23.6 Å². The van der Waals surface area contributed by atoms with E-state index in [9.17, 15) is 5.11 Å². The van der Waals surface area contributed by atoms with Crippen LogP contribution in [0.2, 0.25) is 0 Å². The van der Waals surface area contributed by atoms with E-state index in [-0.39, 0.29) is 12.5 Å². The van der Waals surface area contributed by atoms with Crippen LogP contribution in [0.25, 0.3) is 21.8 Å². The Morgan fingerprint density at radius 1 is 0.963 bits per heavy atom. The fourth-order valence-electron chi connectivity index (χ4n) is 3.50. The van der Waals surface area contributed by atoms with Crippen molar-refractivity contribution >= 4 is 21.8 Å². The Morgan fingerprint density at radius 3 is 2.56 bits per heavy atom. The highest BCUT2D eigenvalue weighted by molar-refractivity contribution is 5.88. The van der Waals surface area contributed by atoms with Crippen LogP contribution in [0.4, 0.5) is 0 Å². The summed E-state index contributed by atoms with van der Waals surface area (Å²) in [6, 6.07) is 22.1. The van der Waals surface area contributed by atoms with E-state index in [4.69, 9.17) is 9.72 Å². The molecule has 1 atom stereocenters. The van der Waals surface area contributed by atoms with Gasteiger partial charge >= 0.3 is 0 Å². The molecule has 1 aromatic heterocycles. The molecule has 0 aliphatic rings. The summed E-state index contributed by atoms with van der Waals surface area (Å²) in [5.41, 5.74) is 2.01. The van der Waals surface area contributed by atoms with E-state index in [1.807, 2.05) is 54.6 Å². The molecule has 0 saturated heterocycles. The first-order chi connectivity index (χ1) is 13.1. The summed E-state index contributed by atoms with van der Waals surface area (Å²) in [5, 5.41) is 12.8. The van der Waals surface area contributed by atoms with Crippen molar-refractivity contribution in [1.82, 2.24) is 9.55 Å². The molecule has 1 heterocycles. The van der Waals surface area contributed by atoms with Crippen molar-refractivity contribution in [3.8, 4) is 5.75 Å². The number of benzene rings is 3. The number of para-hydroxylation sites is 2. The molecule has 0 bridgehead atoms. The lowest BCUT2D eigenvalue weighted by Gasteiger charge is -2.17. The zero-order chi connectivity index (χ0) is 18.8. The summed E-state index contributed by atoms with van der Waals surface area (Å²) in [4.78, 5) is 4.74. The van der Waals surface area contributed by atoms with Gasteiger partial charge in [0.15, 0.2) is 0 Å². The Kier molecular flexibility index (Phi) is 4.82. The van der Waals surface area contributed by atoms with E-state index in [2.05, 4.69) is 30.5 Å². The molecule has 0 aliphatic carbocycles. The zero-order valence-electron chi connectivity index (χ0n) is 15.7. The van der Waals surface area contributed by atoms with Gasteiger partial charge in [0.2, 0.25) is 0 Å². The maximum Gasteiger partial charge on any atom is 0.127 e. The molecule has 3 aromatic carbocycles. The van der Waals surface area contributed by atoms with E-state index in [1.54, 1.807) is 0 Å². The Bertz CT molecular complexity index is 1060. The Morgan fingerprint density at radius 2 is 1.70 bits per heavy atom. The van der Waals surface area contributed by atoms with Gasteiger partial charge in [0.25, 0.3) is 0 Å². The first-order valence-corrected chi connectivity index (χ1v) is 9.37. The van der Waals surface area contributed by atoms with Crippen LogP contribution in [0.3, 0.4) is 0 Å². The number of ether oxygens (including phenoxy) is 1. The molecule has 4 heteroatoms. The van der Waals surface area contributed by atoms with Gasteiger partial charge in [-0.15, -0.1) is 0 Å². The van der Waals surface area contributed by atoms with Gasteiger partial charge < -0.3 is 14.4 Å². The van der Waals surface area contributed by atoms with E-state index in [0.717, 1.165) is 33.4 Å². The molecule has 0 aliphatic heterocycles. The normalized spacial score (nSPS) is 12.7. The van der Waals surface area contributed by atoms with Crippen LogP contribution in [0.15, 0.2) is 66.7 Å². The van der Waals surface area contributed by atoms with Crippen LogP contribution in [0.1, 0.15) is 25.6 Å². The molecule has 0 saturated carbocycles. The third-order valence-electron chi connectivity index (χ3n) is 4.77. The predicted molar refractivity (Wildman–Crippen MR) is 109 cm³/mol. The molecular formula is C23H24N2O2. The number of hydrogen-bond acceptors (Lipinski definition) is 3. The summed E-state index contributed by atoms with van der Waals surface area (Å²) >= 11 is 0. The second-order valence-corrected chi connectivity index (χ2v) is 7.17. The van der Waals surface area contributed by atoms with Crippen molar-refractivity contribution in [2.75, 3.05) is 6.61 Å². The molecule has 27 heavy (non-hydrogen) atoms. The predicted octanol–water partition coefficient (Wildman–Crippen LogP) is 4.75. The highest BCUT2D eigenvalue weighted by Gasteiger charge is 2.17. The van der Waals surface area contributed by atoms with Gasteiger partial charge in [0.05, 0.1) is 17.6 Å². The van der Waals surface area contributed by atoms with Crippen molar-refractivity contribution in [1.29, 1.82) is 0 Å². The summed E-state index contributed by atoms with van der Waals surface area (Å²) in [6.07, 6.45) is -0.626. The molecule has 4 nitrogen and oxygen atoms in total. The SMILES string of the molecule is CC(C)c1nc2ccccc2n1C[C@@H](O)COc1cccc2ccccc12. The molecule has 138 valence electrons. The first-order valence-electron chi connectivity index (χ1n) is 9.37. The van der Waals surface area contributed by atoms with Gasteiger partial charge in [-0.25, -0.2) is 4.98 Å². The van der Waals surface area contributed by atoms with Gasteiger partial charge in [0.1, 0.15) is 24.3 Å². The average molecular weight is 360 g/mol. The fraction of sp³-hybridized carbons (Fsp3) is 0.261. The number of rotatable bonds is 6. The van der Waals surface area contributed by atoms with E-state index in [0.29, 0.717) is 6.54 Å². The van der Waals surface area contributed by atoms with Crippen molar-refractivity contribution in [2.45, 2.75) is 32.4 Å². The van der Waals surface area contributed by atoms with Crippen LogP contribution in [0.5, 0.6) is 5.75 Å². The lowest BCUT2D eigenvalue weighted by molar-refractivity contribution is 0.0933. The molecule has 0 radical (unpaired) electrons. The fourth-order valence-corrected chi connectivity index (χ4v) is 3.50. The summed E-state index contributed by atoms with van der Waals surface area (Å²) < 4.78 is 8.07. The van der Waals surface area contributed by atoms with Crippen molar-refractivity contribution in [2.24, 2.45) is 0 Å². The van der Waals surface area contributed by atoms with Crippen LogP contribution >= 0.6 is 0 Å². The zero-order valence-corrected chi connectivity index (χ0v) is 15.7. The van der Waals surface area contributed by atoms with E-state index < -0.39 is 6.10 Å². The van der Waals surface area contributed by atoms with Crippen LogP contribution in [0, 0.1) is 0 Å². The minimum atomic E-state index is -0.626. The van der Waals surface area contributed by atoms with Gasteiger partial charge in [-0.2, -0.15) is 0 Å². The molecule has 0 amide bonds. The first kappa shape index (κ1) is 17.6. The van der Waals surface area contributed by atoms with Crippen LogP contribution in [-0.4, -0.2) is 27.4 Å². The molecule has 4 rings (SSSR count). The number of aromatic nitrogens is 2. The highest BCUT2D eigenvalue weighted by atomic mass is 16.5. The largest absolute Gasteiger partial charge is 0.490 e. The number of fused-ring (bicyclic) bond motifs is 2. The van der Waals surface area contributed by atoms with Gasteiger partial charge in [-0.3, -0.25) is 0 Å². The van der Waals surface area contributed by atoms with Crippen molar-refractivity contribution in [3.63, 3.8) is 0 Å². The van der Waals surface area contributed by atoms with Crippen LogP contribution < -0.4 is 4.74 Å². The number of nitrogens with zero attached hydrogens (tertiary/aromatic N) is 2. The second-order valence-electron chi connectivity index (χ2n) is 7.17. The molecule has 1 N–H and O–H groups in total. The summed E-state index contributed by atoms with van der Waals surface area (Å²) in [5.74, 6) is 2.07. The number of hydrogen-bond donors (Lipinski definition) is 1.